The second kappa shape index (κ2) is 8.92. The highest BCUT2D eigenvalue weighted by atomic mass is 32.2. The van der Waals surface area contributed by atoms with Crippen LogP contribution in [0.2, 0.25) is 0 Å². The van der Waals surface area contributed by atoms with Crippen LogP contribution in [0, 0.1) is 11.3 Å². The zero-order chi connectivity index (χ0) is 24.5. The number of hydrogen-bond donors (Lipinski definition) is 0. The lowest BCUT2D eigenvalue weighted by Crippen LogP contribution is -2.40. The van der Waals surface area contributed by atoms with Crippen LogP contribution in [0.3, 0.4) is 0 Å². The average Bonchev–Trinajstić information content (AvgIpc) is 3.14. The largest absolute Gasteiger partial charge is 0.422 e. The van der Waals surface area contributed by atoms with Crippen LogP contribution in [-0.4, -0.2) is 54.3 Å². The monoisotopic (exact) mass is 479 g/mol. The van der Waals surface area contributed by atoms with Crippen molar-refractivity contribution in [3.8, 4) is 6.07 Å². The van der Waals surface area contributed by atoms with Gasteiger partial charge in [0.2, 0.25) is 17.6 Å². The summed E-state index contributed by atoms with van der Waals surface area (Å²) in [7, 11) is -4.33. The summed E-state index contributed by atoms with van der Waals surface area (Å²) in [5, 5.41) is 9.31. The van der Waals surface area contributed by atoms with Crippen LogP contribution in [0.1, 0.15) is 28.8 Å². The third kappa shape index (κ3) is 3.95. The summed E-state index contributed by atoms with van der Waals surface area (Å²) in [6.45, 7) is -1.41. The lowest BCUT2D eigenvalue weighted by molar-refractivity contribution is -0.148. The lowest BCUT2D eigenvalue weighted by atomic mass is 10.0. The Kier molecular flexibility index (Phi) is 6.00. The van der Waals surface area contributed by atoms with E-state index in [0.29, 0.717) is 4.31 Å². The van der Waals surface area contributed by atoms with Gasteiger partial charge in [-0.15, -0.1) is 0 Å². The molecule has 2 aromatic rings. The van der Waals surface area contributed by atoms with Crippen molar-refractivity contribution in [3.05, 3.63) is 71.4 Å². The first-order valence-electron chi connectivity index (χ1n) is 10.1. The molecule has 2 aliphatic rings. The first-order valence-corrected chi connectivity index (χ1v) is 11.6. The number of fused-ring (bicyclic) bond motifs is 1. The summed E-state index contributed by atoms with van der Waals surface area (Å²) in [6, 6.07) is 15.0. The number of amides is 2. The Balaban J connectivity index is 1.87. The Morgan fingerprint density at radius 1 is 0.971 bits per heavy atom. The molecular formula is C23H17N3O7S. The third-order valence-corrected chi connectivity index (χ3v) is 7.09. The lowest BCUT2D eigenvalue weighted by Gasteiger charge is -2.31. The van der Waals surface area contributed by atoms with Gasteiger partial charge in [-0.1, -0.05) is 42.5 Å². The van der Waals surface area contributed by atoms with Crippen molar-refractivity contribution in [2.75, 3.05) is 13.1 Å². The number of carbonyl (C=O) groups is 4. The maximum Gasteiger partial charge on any atom is 0.331 e. The molecule has 0 atom stereocenters. The number of likely N-dealkylation sites (tertiary alicyclic amines) is 1. The Morgan fingerprint density at radius 3 is 2.24 bits per heavy atom. The van der Waals surface area contributed by atoms with Crippen LogP contribution in [0.15, 0.2) is 65.2 Å². The van der Waals surface area contributed by atoms with Crippen molar-refractivity contribution in [1.82, 2.24) is 9.21 Å². The van der Waals surface area contributed by atoms with Crippen molar-refractivity contribution >= 4 is 39.3 Å². The third-order valence-electron chi connectivity index (χ3n) is 5.29. The van der Waals surface area contributed by atoms with E-state index in [1.807, 2.05) is 0 Å². The minimum Gasteiger partial charge on any atom is -0.422 e. The van der Waals surface area contributed by atoms with Crippen molar-refractivity contribution in [3.63, 3.8) is 0 Å². The highest BCUT2D eigenvalue weighted by Crippen LogP contribution is 2.38. The molecule has 4 rings (SSSR count). The van der Waals surface area contributed by atoms with E-state index in [1.54, 1.807) is 24.3 Å². The molecule has 2 aliphatic heterocycles. The van der Waals surface area contributed by atoms with Gasteiger partial charge >= 0.3 is 5.97 Å². The molecule has 0 saturated carbocycles. The molecule has 0 aromatic heterocycles. The van der Waals surface area contributed by atoms with Gasteiger partial charge in [0.15, 0.2) is 5.76 Å². The molecule has 1 saturated heterocycles. The molecule has 0 unspecified atom stereocenters. The summed E-state index contributed by atoms with van der Waals surface area (Å²) in [5.41, 5.74) is -0.462. The van der Waals surface area contributed by atoms with Crippen LogP contribution in [0.25, 0.3) is 5.76 Å². The number of rotatable bonds is 6. The molecule has 0 bridgehead atoms. The fraction of sp³-hybridized carbons (Fsp3) is 0.174. The summed E-state index contributed by atoms with van der Waals surface area (Å²) in [5.74, 6) is -3.27. The normalized spacial score (nSPS) is 16.8. The van der Waals surface area contributed by atoms with E-state index in [0.717, 1.165) is 4.90 Å². The SMILES string of the molecule is N#CCN1C(C(=O)c2ccccc2)=C(OC(=O)CN2C(=O)CCC2=O)c2ccccc2S1(=O)=O. The van der Waals surface area contributed by atoms with Crippen molar-refractivity contribution in [1.29, 1.82) is 5.26 Å². The number of imide groups is 1. The van der Waals surface area contributed by atoms with Gasteiger partial charge in [0.1, 0.15) is 18.8 Å². The number of benzene rings is 2. The summed E-state index contributed by atoms with van der Waals surface area (Å²) < 4.78 is 32.6. The van der Waals surface area contributed by atoms with Gasteiger partial charge in [-0.3, -0.25) is 19.3 Å². The number of nitrogens with zero attached hydrogens (tertiary/aromatic N) is 3. The summed E-state index contributed by atoms with van der Waals surface area (Å²) in [6.07, 6.45) is -0.0485. The van der Waals surface area contributed by atoms with Gasteiger partial charge in [-0.05, 0) is 12.1 Å². The molecule has 172 valence electrons. The van der Waals surface area contributed by atoms with Gasteiger partial charge in [-0.25, -0.2) is 17.5 Å². The molecule has 0 N–H and O–H groups in total. The van der Waals surface area contributed by atoms with Gasteiger partial charge in [0.25, 0.3) is 10.0 Å². The number of ketones is 1. The van der Waals surface area contributed by atoms with E-state index in [2.05, 4.69) is 0 Å². The smallest absolute Gasteiger partial charge is 0.331 e. The van der Waals surface area contributed by atoms with E-state index in [-0.39, 0.29) is 34.6 Å². The van der Waals surface area contributed by atoms with Gasteiger partial charge < -0.3 is 4.74 Å². The van der Waals surface area contributed by atoms with E-state index < -0.39 is 52.4 Å². The number of esters is 1. The number of sulfonamides is 1. The second-order valence-electron chi connectivity index (χ2n) is 7.39. The topological polar surface area (TPSA) is 142 Å². The molecule has 2 heterocycles. The van der Waals surface area contributed by atoms with Crippen molar-refractivity contribution in [2.45, 2.75) is 17.7 Å². The maximum absolute atomic E-state index is 13.4. The van der Waals surface area contributed by atoms with Crippen LogP contribution in [-0.2, 0) is 29.1 Å². The zero-order valence-corrected chi connectivity index (χ0v) is 18.4. The van der Waals surface area contributed by atoms with Crippen molar-refractivity contribution in [2.24, 2.45) is 0 Å². The van der Waals surface area contributed by atoms with Crippen LogP contribution in [0.4, 0.5) is 0 Å². The molecular weight excluding hydrogens is 462 g/mol. The quantitative estimate of drug-likeness (QED) is 0.262. The molecule has 34 heavy (non-hydrogen) atoms. The Bertz CT molecular complexity index is 1380. The van der Waals surface area contributed by atoms with Crippen molar-refractivity contribution < 1.29 is 32.3 Å². The van der Waals surface area contributed by atoms with E-state index in [9.17, 15) is 32.9 Å². The summed E-state index contributed by atoms with van der Waals surface area (Å²) in [4.78, 5) is 50.5. The molecule has 0 radical (unpaired) electrons. The minimum atomic E-state index is -4.33. The first kappa shape index (κ1) is 22.9. The van der Waals surface area contributed by atoms with Crippen LogP contribution in [0.5, 0.6) is 0 Å². The number of allylic oxidation sites excluding steroid dienone is 1. The van der Waals surface area contributed by atoms with Crippen LogP contribution >= 0.6 is 0 Å². The number of carbonyl (C=O) groups excluding carboxylic acids is 4. The minimum absolute atomic E-state index is 0.0242. The fourth-order valence-corrected chi connectivity index (χ4v) is 5.27. The molecule has 0 spiro atoms. The predicted molar refractivity (Wildman–Crippen MR) is 116 cm³/mol. The molecule has 2 aromatic carbocycles. The molecule has 1 fully saturated rings. The standard InChI is InChI=1S/C23H17N3O7S/c24-12-13-26-21(22(30)15-6-2-1-3-7-15)23(16-8-4-5-9-17(16)34(26,31)32)33-20(29)14-25-18(27)10-11-19(25)28/h1-9H,10-11,13-14H2. The zero-order valence-electron chi connectivity index (χ0n) is 17.6. The molecule has 2 amide bonds. The molecule has 11 heteroatoms. The predicted octanol–water partition coefficient (Wildman–Crippen LogP) is 1.46. The maximum atomic E-state index is 13.4. The average molecular weight is 479 g/mol. The Morgan fingerprint density at radius 2 is 1.59 bits per heavy atom. The van der Waals surface area contributed by atoms with E-state index in [1.165, 1.54) is 36.4 Å². The fourth-order valence-electron chi connectivity index (χ4n) is 3.71. The van der Waals surface area contributed by atoms with Gasteiger partial charge in [0.05, 0.1) is 11.0 Å². The Labute approximate surface area is 194 Å². The number of nitriles is 1. The molecule has 0 aliphatic carbocycles. The number of Topliss-reactive ketones (excluding diaryl/α,β-unsaturated/α-hetero) is 1. The highest BCUT2D eigenvalue weighted by molar-refractivity contribution is 7.89. The van der Waals surface area contributed by atoms with Gasteiger partial charge in [-0.2, -0.15) is 5.26 Å². The molecule has 10 nitrogen and oxygen atoms in total. The number of hydrogen-bond acceptors (Lipinski definition) is 8. The summed E-state index contributed by atoms with van der Waals surface area (Å²) >= 11 is 0. The Hall–Kier alpha value is -4.30. The van der Waals surface area contributed by atoms with E-state index >= 15 is 0 Å². The number of ether oxygens (including phenoxy) is 1. The van der Waals surface area contributed by atoms with E-state index in [4.69, 9.17) is 4.74 Å². The highest BCUT2D eigenvalue weighted by Gasteiger charge is 2.42. The second-order valence-corrected chi connectivity index (χ2v) is 9.22. The first-order chi connectivity index (χ1) is 16.3. The van der Waals surface area contributed by atoms with Gasteiger partial charge in [0, 0.05) is 24.0 Å². The van der Waals surface area contributed by atoms with Crippen LogP contribution < -0.4 is 0 Å².